The average molecular weight is 678 g/mol. The Kier molecular flexibility index (Phi) is 11.1. The number of piperidine rings is 1. The normalized spacial score (nSPS) is 14.9. The van der Waals surface area contributed by atoms with Crippen molar-refractivity contribution in [1.29, 1.82) is 0 Å². The van der Waals surface area contributed by atoms with Crippen LogP contribution in [0.25, 0.3) is 5.69 Å². The molecule has 1 aliphatic heterocycles. The molecule has 0 bridgehead atoms. The highest BCUT2D eigenvalue weighted by atomic mass is 16.2. The number of aryl methyl sites for hydroxylation is 3. The molecule has 1 aliphatic rings. The van der Waals surface area contributed by atoms with Crippen LogP contribution in [-0.4, -0.2) is 66.3 Å². The lowest BCUT2D eigenvalue weighted by molar-refractivity contribution is -0.120. The number of carbonyl (C=O) groups is 3. The van der Waals surface area contributed by atoms with Crippen molar-refractivity contribution >= 4 is 35.0 Å². The third-order valence-electron chi connectivity index (χ3n) is 9.11. The zero-order valence-corrected chi connectivity index (χ0v) is 30.7. The van der Waals surface area contributed by atoms with Crippen LogP contribution in [0, 0.1) is 26.7 Å². The van der Waals surface area contributed by atoms with Crippen molar-refractivity contribution < 1.29 is 14.4 Å². The molecule has 4 amide bonds. The second-order valence-corrected chi connectivity index (χ2v) is 14.8. The average Bonchev–Trinajstić information content (AvgIpc) is 3.47. The molecule has 50 heavy (non-hydrogen) atoms. The SMILES string of the molecule is Cc1ccc(-n2nc(C(C)(C)C)cc2NC(=O)Nc2ccc(CC3CCC(=O)N(c4c(C)cc(C(=O)NCCN(C)C)cc4C)C3)cc2)cc1. The van der Waals surface area contributed by atoms with E-state index in [4.69, 9.17) is 5.10 Å². The van der Waals surface area contributed by atoms with Crippen LogP contribution in [0.4, 0.5) is 22.0 Å². The first-order valence-electron chi connectivity index (χ1n) is 17.4. The fraction of sp³-hybridized carbons (Fsp3) is 0.400. The largest absolute Gasteiger partial charge is 0.351 e. The third-order valence-corrected chi connectivity index (χ3v) is 9.11. The van der Waals surface area contributed by atoms with Crippen LogP contribution < -0.4 is 20.9 Å². The number of anilines is 3. The van der Waals surface area contributed by atoms with Crippen molar-refractivity contribution in [2.24, 2.45) is 5.92 Å². The van der Waals surface area contributed by atoms with Gasteiger partial charge in [0.05, 0.1) is 11.4 Å². The molecule has 0 saturated carbocycles. The maximum absolute atomic E-state index is 13.2. The molecule has 264 valence electrons. The first kappa shape index (κ1) is 36.3. The molecule has 5 rings (SSSR count). The Morgan fingerprint density at radius 3 is 2.20 bits per heavy atom. The van der Waals surface area contributed by atoms with Crippen LogP contribution in [0.5, 0.6) is 0 Å². The number of likely N-dealkylation sites (N-methyl/N-ethyl adjacent to an activating group) is 1. The van der Waals surface area contributed by atoms with Gasteiger partial charge in [-0.3, -0.25) is 14.9 Å². The van der Waals surface area contributed by atoms with Gasteiger partial charge >= 0.3 is 6.03 Å². The van der Waals surface area contributed by atoms with Crippen molar-refractivity contribution in [2.45, 2.75) is 66.2 Å². The Balaban J connectivity index is 1.21. The summed E-state index contributed by atoms with van der Waals surface area (Å²) in [7, 11) is 3.94. The van der Waals surface area contributed by atoms with Crippen LogP contribution in [0.2, 0.25) is 0 Å². The van der Waals surface area contributed by atoms with E-state index in [1.165, 1.54) is 0 Å². The second kappa shape index (κ2) is 15.3. The van der Waals surface area contributed by atoms with Gasteiger partial charge in [-0.15, -0.1) is 0 Å². The van der Waals surface area contributed by atoms with Crippen molar-refractivity contribution in [3.63, 3.8) is 0 Å². The summed E-state index contributed by atoms with van der Waals surface area (Å²) in [5, 5.41) is 13.7. The van der Waals surface area contributed by atoms with E-state index in [1.807, 2.05) is 111 Å². The lowest BCUT2D eigenvalue weighted by Crippen LogP contribution is -2.41. The highest BCUT2D eigenvalue weighted by Gasteiger charge is 2.29. The van der Waals surface area contributed by atoms with E-state index in [9.17, 15) is 14.4 Å². The molecule has 3 aromatic carbocycles. The molecule has 1 aromatic heterocycles. The number of nitrogens with one attached hydrogen (secondary N) is 3. The minimum atomic E-state index is -0.351. The molecule has 2 heterocycles. The number of aromatic nitrogens is 2. The molecule has 3 N–H and O–H groups in total. The zero-order valence-electron chi connectivity index (χ0n) is 30.7. The summed E-state index contributed by atoms with van der Waals surface area (Å²) in [6.07, 6.45) is 2.10. The Hall–Kier alpha value is -4.96. The molecule has 0 aliphatic carbocycles. The lowest BCUT2D eigenvalue weighted by atomic mass is 9.89. The first-order valence-corrected chi connectivity index (χ1v) is 17.4. The monoisotopic (exact) mass is 677 g/mol. The summed E-state index contributed by atoms with van der Waals surface area (Å²) in [6, 6.07) is 21.3. The van der Waals surface area contributed by atoms with Crippen LogP contribution in [0.15, 0.2) is 66.7 Å². The van der Waals surface area contributed by atoms with Gasteiger partial charge in [0, 0.05) is 54.5 Å². The van der Waals surface area contributed by atoms with Gasteiger partial charge in [0.1, 0.15) is 5.82 Å². The molecule has 0 radical (unpaired) electrons. The molecule has 0 spiro atoms. The summed E-state index contributed by atoms with van der Waals surface area (Å²) in [5.74, 6) is 0.875. The number of nitrogens with zero attached hydrogens (tertiary/aromatic N) is 4. The third kappa shape index (κ3) is 8.98. The van der Waals surface area contributed by atoms with Gasteiger partial charge < -0.3 is 20.4 Å². The molecule has 4 aromatic rings. The van der Waals surface area contributed by atoms with Crippen LogP contribution in [0.3, 0.4) is 0 Å². The van der Waals surface area contributed by atoms with Gasteiger partial charge in [-0.25, -0.2) is 9.48 Å². The minimum absolute atomic E-state index is 0.105. The topological polar surface area (TPSA) is 112 Å². The van der Waals surface area contributed by atoms with Crippen molar-refractivity contribution in [1.82, 2.24) is 20.0 Å². The molecule has 1 atom stereocenters. The van der Waals surface area contributed by atoms with Gasteiger partial charge in [0.15, 0.2) is 0 Å². The van der Waals surface area contributed by atoms with E-state index >= 15 is 0 Å². The molecule has 10 heteroatoms. The Bertz CT molecular complexity index is 1810. The number of rotatable bonds is 10. The Morgan fingerprint density at radius 1 is 0.920 bits per heavy atom. The van der Waals surface area contributed by atoms with E-state index in [1.54, 1.807) is 4.68 Å². The van der Waals surface area contributed by atoms with Gasteiger partial charge in [-0.1, -0.05) is 50.6 Å². The van der Waals surface area contributed by atoms with Gasteiger partial charge in [-0.2, -0.15) is 5.10 Å². The Labute approximate surface area is 296 Å². The number of amides is 4. The summed E-state index contributed by atoms with van der Waals surface area (Å²) >= 11 is 0. The van der Waals surface area contributed by atoms with Crippen molar-refractivity contribution in [3.05, 3.63) is 100 Å². The predicted octanol–water partition coefficient (Wildman–Crippen LogP) is 7.02. The summed E-state index contributed by atoms with van der Waals surface area (Å²) in [4.78, 5) is 43.0. The van der Waals surface area contributed by atoms with Crippen LogP contribution in [0.1, 0.15) is 71.9 Å². The molecule has 1 fully saturated rings. The quantitative estimate of drug-likeness (QED) is 0.167. The zero-order chi connectivity index (χ0) is 36.2. The lowest BCUT2D eigenvalue weighted by Gasteiger charge is -2.35. The number of hydrogen-bond donors (Lipinski definition) is 3. The Morgan fingerprint density at radius 2 is 1.58 bits per heavy atom. The number of benzene rings is 3. The molecule has 10 nitrogen and oxygen atoms in total. The number of urea groups is 1. The molecular formula is C40H51N7O3. The molecule has 1 saturated heterocycles. The van der Waals surface area contributed by atoms with Gasteiger partial charge in [0.2, 0.25) is 5.91 Å². The smallest absolute Gasteiger partial charge is 0.324 e. The summed E-state index contributed by atoms with van der Waals surface area (Å²) in [6.45, 7) is 14.2. The van der Waals surface area contributed by atoms with Crippen LogP contribution in [-0.2, 0) is 16.6 Å². The fourth-order valence-electron chi connectivity index (χ4n) is 6.36. The van der Waals surface area contributed by atoms with E-state index in [0.29, 0.717) is 36.6 Å². The van der Waals surface area contributed by atoms with E-state index in [0.717, 1.165) is 58.7 Å². The number of hydrogen-bond acceptors (Lipinski definition) is 5. The second-order valence-electron chi connectivity index (χ2n) is 14.8. The van der Waals surface area contributed by atoms with Crippen LogP contribution >= 0.6 is 0 Å². The van der Waals surface area contributed by atoms with E-state index < -0.39 is 0 Å². The van der Waals surface area contributed by atoms with Gasteiger partial charge in [0.25, 0.3) is 5.91 Å². The predicted molar refractivity (Wildman–Crippen MR) is 202 cm³/mol. The van der Waals surface area contributed by atoms with E-state index in [-0.39, 0.29) is 29.2 Å². The van der Waals surface area contributed by atoms with E-state index in [2.05, 4.69) is 36.7 Å². The fourth-order valence-corrected chi connectivity index (χ4v) is 6.36. The maximum Gasteiger partial charge on any atom is 0.324 e. The summed E-state index contributed by atoms with van der Waals surface area (Å²) in [5.41, 5.74) is 7.87. The highest BCUT2D eigenvalue weighted by molar-refractivity contribution is 6.00. The van der Waals surface area contributed by atoms with Crippen molar-refractivity contribution in [2.75, 3.05) is 49.3 Å². The molecule has 1 unspecified atom stereocenters. The standard InChI is InChI=1S/C40H51N7O3/c1-26-9-16-33(17-10-26)47-35(24-34(44-47)40(4,5)6)43-39(50)42-32-14-11-29(12-15-32)23-30-13-18-36(48)46(25-30)37-27(2)21-31(22-28(37)3)38(49)41-19-20-45(7)8/h9-12,14-17,21-22,24,30H,13,18-20,23,25H2,1-8H3,(H,41,49)(H2,42,43,50). The maximum atomic E-state index is 13.2. The first-order chi connectivity index (χ1) is 23.7. The van der Waals surface area contributed by atoms with Crippen molar-refractivity contribution in [3.8, 4) is 5.69 Å². The summed E-state index contributed by atoms with van der Waals surface area (Å²) < 4.78 is 1.77. The molecular weight excluding hydrogens is 626 g/mol. The highest BCUT2D eigenvalue weighted by Crippen LogP contribution is 2.33. The minimum Gasteiger partial charge on any atom is -0.351 e. The number of carbonyl (C=O) groups excluding carboxylic acids is 3. The van der Waals surface area contributed by atoms with Gasteiger partial charge in [-0.05, 0) is 107 Å².